The molecule has 2 rings (SSSR count). The Morgan fingerprint density at radius 1 is 1.11 bits per heavy atom. The van der Waals surface area contributed by atoms with Gasteiger partial charge in [-0.1, -0.05) is 0 Å². The van der Waals surface area contributed by atoms with Crippen LogP contribution >= 0.6 is 0 Å². The Morgan fingerprint density at radius 3 is 2.42 bits per heavy atom. The van der Waals surface area contributed by atoms with E-state index in [-0.39, 0.29) is 11.5 Å². The summed E-state index contributed by atoms with van der Waals surface area (Å²) >= 11 is 0. The zero-order chi connectivity index (χ0) is 14.0. The number of hydrogen-bond acceptors (Lipinski definition) is 3. The van der Waals surface area contributed by atoms with Crippen molar-refractivity contribution in [3.05, 3.63) is 47.9 Å². The molecule has 0 bridgehead atoms. The Morgan fingerprint density at radius 2 is 1.84 bits per heavy atom. The lowest BCUT2D eigenvalue weighted by atomic mass is 10.2. The summed E-state index contributed by atoms with van der Waals surface area (Å²) in [5.74, 6) is -0.528. The van der Waals surface area contributed by atoms with Gasteiger partial charge in [-0.25, -0.2) is 9.37 Å². The van der Waals surface area contributed by atoms with Crippen LogP contribution in [0.5, 0.6) is 0 Å². The highest BCUT2D eigenvalue weighted by Crippen LogP contribution is 2.32. The van der Waals surface area contributed by atoms with Crippen LogP contribution in [0.25, 0.3) is 0 Å². The number of nitrogens with two attached hydrogens (primary N) is 1. The normalized spacial score (nSPS) is 11.4. The van der Waals surface area contributed by atoms with E-state index in [1.54, 1.807) is 0 Å². The molecule has 2 aromatic rings. The minimum atomic E-state index is -4.52. The van der Waals surface area contributed by atoms with Crippen molar-refractivity contribution in [2.75, 3.05) is 11.1 Å². The minimum absolute atomic E-state index is 0.259. The van der Waals surface area contributed by atoms with Crippen LogP contribution in [-0.2, 0) is 6.18 Å². The number of nitrogen functional groups attached to an aromatic ring is 1. The second-order valence-corrected chi connectivity index (χ2v) is 3.79. The second kappa shape index (κ2) is 4.75. The van der Waals surface area contributed by atoms with Crippen molar-refractivity contribution in [3.63, 3.8) is 0 Å². The largest absolute Gasteiger partial charge is 0.416 e. The summed E-state index contributed by atoms with van der Waals surface area (Å²) in [5, 5.41) is 2.52. The van der Waals surface area contributed by atoms with Gasteiger partial charge in [0.1, 0.15) is 11.6 Å². The molecule has 0 saturated carbocycles. The lowest BCUT2D eigenvalue weighted by Gasteiger charge is -2.11. The van der Waals surface area contributed by atoms with Crippen molar-refractivity contribution in [2.24, 2.45) is 0 Å². The lowest BCUT2D eigenvalue weighted by Crippen LogP contribution is -2.06. The fourth-order valence-corrected chi connectivity index (χ4v) is 1.43. The van der Waals surface area contributed by atoms with Gasteiger partial charge in [0.15, 0.2) is 0 Å². The van der Waals surface area contributed by atoms with Crippen LogP contribution in [0.1, 0.15) is 5.56 Å². The molecule has 0 saturated heterocycles. The molecule has 1 heterocycles. The van der Waals surface area contributed by atoms with Gasteiger partial charge < -0.3 is 11.1 Å². The highest BCUT2D eigenvalue weighted by atomic mass is 19.4. The topological polar surface area (TPSA) is 50.9 Å². The number of aromatic nitrogens is 1. The number of pyridine rings is 1. The molecule has 0 amide bonds. The van der Waals surface area contributed by atoms with E-state index < -0.39 is 17.6 Å². The summed E-state index contributed by atoms with van der Waals surface area (Å²) in [6, 6.07) is 5.08. The van der Waals surface area contributed by atoms with Gasteiger partial charge in [-0.3, -0.25) is 0 Å². The first-order valence-electron chi connectivity index (χ1n) is 5.21. The van der Waals surface area contributed by atoms with Crippen LogP contribution in [0, 0.1) is 5.82 Å². The van der Waals surface area contributed by atoms with Gasteiger partial charge in [0.2, 0.25) is 0 Å². The van der Waals surface area contributed by atoms with Gasteiger partial charge in [0, 0.05) is 0 Å². The number of benzene rings is 1. The van der Waals surface area contributed by atoms with Gasteiger partial charge in [0.05, 0.1) is 23.1 Å². The fraction of sp³-hybridized carbons (Fsp3) is 0.0833. The first-order valence-corrected chi connectivity index (χ1v) is 5.21. The smallest absolute Gasteiger partial charge is 0.384 e. The van der Waals surface area contributed by atoms with Gasteiger partial charge in [-0.2, -0.15) is 13.2 Å². The monoisotopic (exact) mass is 271 g/mol. The van der Waals surface area contributed by atoms with Crippen LogP contribution in [0.15, 0.2) is 36.5 Å². The molecular formula is C12H9F4N3. The first kappa shape index (κ1) is 13.1. The van der Waals surface area contributed by atoms with Crippen molar-refractivity contribution in [1.82, 2.24) is 4.98 Å². The highest BCUT2D eigenvalue weighted by Gasteiger charge is 2.31. The Kier molecular flexibility index (Phi) is 3.28. The molecular weight excluding hydrogens is 262 g/mol. The molecule has 0 spiro atoms. The van der Waals surface area contributed by atoms with E-state index >= 15 is 0 Å². The molecule has 0 aliphatic heterocycles. The molecule has 0 unspecified atom stereocenters. The molecule has 1 aromatic carbocycles. The zero-order valence-corrected chi connectivity index (χ0v) is 9.50. The van der Waals surface area contributed by atoms with Gasteiger partial charge in [0.25, 0.3) is 0 Å². The number of halogens is 4. The summed E-state index contributed by atoms with van der Waals surface area (Å²) in [6.45, 7) is 0. The molecule has 0 atom stereocenters. The van der Waals surface area contributed by atoms with Crippen molar-refractivity contribution in [1.29, 1.82) is 0 Å². The molecule has 19 heavy (non-hydrogen) atoms. The van der Waals surface area contributed by atoms with E-state index in [0.29, 0.717) is 17.8 Å². The zero-order valence-electron chi connectivity index (χ0n) is 9.50. The number of rotatable bonds is 2. The summed E-state index contributed by atoms with van der Waals surface area (Å²) in [4.78, 5) is 3.75. The summed E-state index contributed by atoms with van der Waals surface area (Å²) < 4.78 is 51.0. The van der Waals surface area contributed by atoms with Crippen molar-refractivity contribution in [3.8, 4) is 0 Å². The number of alkyl halides is 3. The minimum Gasteiger partial charge on any atom is -0.384 e. The maximum Gasteiger partial charge on any atom is 0.416 e. The Hall–Kier alpha value is -2.31. The van der Waals surface area contributed by atoms with Gasteiger partial charge in [-0.15, -0.1) is 0 Å². The summed E-state index contributed by atoms with van der Waals surface area (Å²) in [5.41, 5.74) is 4.50. The lowest BCUT2D eigenvalue weighted by molar-refractivity contribution is -0.137. The number of nitrogens with one attached hydrogen (secondary N) is 1. The fourth-order valence-electron chi connectivity index (χ4n) is 1.43. The molecule has 0 aliphatic carbocycles. The van der Waals surface area contributed by atoms with Crippen LogP contribution in [0.3, 0.4) is 0 Å². The van der Waals surface area contributed by atoms with E-state index in [1.165, 1.54) is 18.3 Å². The molecule has 3 N–H and O–H groups in total. The standard InChI is InChI=1S/C12H9F4N3/c13-9-3-1-7(12(14,15)16)5-10(9)19-8-2-4-11(17)18-6-8/h1-6,19H,(H2,17,18). The third-order valence-electron chi connectivity index (χ3n) is 2.36. The maximum atomic E-state index is 13.4. The Labute approximate surface area is 106 Å². The predicted molar refractivity (Wildman–Crippen MR) is 63.3 cm³/mol. The van der Waals surface area contributed by atoms with Crippen LogP contribution in [0.2, 0.25) is 0 Å². The predicted octanol–water partition coefficient (Wildman–Crippen LogP) is 3.57. The van der Waals surface area contributed by atoms with Gasteiger partial charge >= 0.3 is 6.18 Å². The molecule has 100 valence electrons. The number of nitrogens with zero attached hydrogens (tertiary/aromatic N) is 1. The van der Waals surface area contributed by atoms with E-state index in [1.807, 2.05) is 0 Å². The third kappa shape index (κ3) is 3.12. The highest BCUT2D eigenvalue weighted by molar-refractivity contribution is 5.61. The number of hydrogen-bond donors (Lipinski definition) is 2. The third-order valence-corrected chi connectivity index (χ3v) is 2.36. The van der Waals surface area contributed by atoms with E-state index in [0.717, 1.165) is 6.07 Å². The van der Waals surface area contributed by atoms with Crippen molar-refractivity contribution >= 4 is 17.2 Å². The average Bonchev–Trinajstić information content (AvgIpc) is 2.33. The summed E-state index contributed by atoms with van der Waals surface area (Å²) in [7, 11) is 0. The SMILES string of the molecule is Nc1ccc(Nc2cc(C(F)(F)F)ccc2F)cn1. The average molecular weight is 271 g/mol. The Bertz CT molecular complexity index is 579. The second-order valence-electron chi connectivity index (χ2n) is 3.79. The van der Waals surface area contributed by atoms with E-state index in [9.17, 15) is 17.6 Å². The van der Waals surface area contributed by atoms with Crippen molar-refractivity contribution in [2.45, 2.75) is 6.18 Å². The van der Waals surface area contributed by atoms with Crippen LogP contribution in [0.4, 0.5) is 34.8 Å². The quantitative estimate of drug-likeness (QED) is 0.821. The molecule has 0 aliphatic rings. The van der Waals surface area contributed by atoms with Crippen molar-refractivity contribution < 1.29 is 17.6 Å². The van der Waals surface area contributed by atoms with E-state index in [2.05, 4.69) is 10.3 Å². The molecule has 7 heteroatoms. The molecule has 0 radical (unpaired) electrons. The Balaban J connectivity index is 2.31. The van der Waals surface area contributed by atoms with Gasteiger partial charge in [-0.05, 0) is 30.3 Å². The summed E-state index contributed by atoms with van der Waals surface area (Å²) in [6.07, 6.45) is -3.22. The number of anilines is 3. The molecule has 3 nitrogen and oxygen atoms in total. The van der Waals surface area contributed by atoms with E-state index in [4.69, 9.17) is 5.73 Å². The maximum absolute atomic E-state index is 13.4. The molecule has 0 fully saturated rings. The van der Waals surface area contributed by atoms with Crippen LogP contribution in [-0.4, -0.2) is 4.98 Å². The first-order chi connectivity index (χ1) is 8.86. The van der Waals surface area contributed by atoms with Crippen LogP contribution < -0.4 is 11.1 Å². The molecule has 1 aromatic heterocycles.